The van der Waals surface area contributed by atoms with Crippen molar-refractivity contribution >= 4 is 15.9 Å². The summed E-state index contributed by atoms with van der Waals surface area (Å²) >= 11 is 3.57. The summed E-state index contributed by atoms with van der Waals surface area (Å²) in [5, 5.41) is 1.08. The molecule has 2 rings (SSSR count). The molecule has 0 N–H and O–H groups in total. The van der Waals surface area contributed by atoms with Crippen molar-refractivity contribution in [3.63, 3.8) is 0 Å². The highest BCUT2D eigenvalue weighted by molar-refractivity contribution is 9.09. The average molecular weight is 300 g/mol. The molecule has 1 aromatic rings. The van der Waals surface area contributed by atoms with Gasteiger partial charge in [-0.2, -0.15) is 0 Å². The summed E-state index contributed by atoms with van der Waals surface area (Å²) in [5.74, 6) is 1.12. The van der Waals surface area contributed by atoms with E-state index in [-0.39, 0.29) is 0 Å². The summed E-state index contributed by atoms with van der Waals surface area (Å²) in [6.07, 6.45) is 9.56. The van der Waals surface area contributed by atoms with E-state index in [4.69, 9.17) is 0 Å². The Hall–Kier alpha value is -0.350. The van der Waals surface area contributed by atoms with E-state index in [1.165, 1.54) is 32.2 Å². The van der Waals surface area contributed by atoms with Crippen LogP contribution < -0.4 is 0 Å². The Morgan fingerprint density at radius 2 is 2.18 bits per heavy atom. The van der Waals surface area contributed by atoms with Gasteiger partial charge in [0, 0.05) is 43.4 Å². The minimum absolute atomic E-state index is 0.816. The molecule has 0 radical (unpaired) electrons. The van der Waals surface area contributed by atoms with Gasteiger partial charge in [0.05, 0.1) is 0 Å². The number of rotatable bonds is 6. The molecule has 1 aliphatic rings. The van der Waals surface area contributed by atoms with Gasteiger partial charge in [-0.1, -0.05) is 28.8 Å². The molecule has 3 nitrogen and oxygen atoms in total. The fourth-order valence-electron chi connectivity index (χ4n) is 2.73. The van der Waals surface area contributed by atoms with Gasteiger partial charge in [-0.15, -0.1) is 0 Å². The standard InChI is InChI=1S/C13H22BrN3/c1-12-15-7-9-16(12)10-11-17(8-6-14)13-4-2-3-5-13/h7,9,13H,2-6,8,10-11H2,1H3. The smallest absolute Gasteiger partial charge is 0.105 e. The monoisotopic (exact) mass is 299 g/mol. The first-order valence-corrected chi connectivity index (χ1v) is 7.71. The maximum Gasteiger partial charge on any atom is 0.105 e. The normalized spacial score (nSPS) is 17.1. The van der Waals surface area contributed by atoms with Crippen molar-refractivity contribution in [2.45, 2.75) is 45.2 Å². The van der Waals surface area contributed by atoms with Crippen LogP contribution in [0, 0.1) is 6.92 Å². The molecule has 0 amide bonds. The summed E-state index contributed by atoms with van der Waals surface area (Å²) < 4.78 is 2.25. The molecule has 1 aliphatic carbocycles. The summed E-state index contributed by atoms with van der Waals surface area (Å²) in [6.45, 7) is 5.45. The Balaban J connectivity index is 1.86. The number of imidazole rings is 1. The number of alkyl halides is 1. The van der Waals surface area contributed by atoms with Crippen molar-refractivity contribution in [1.82, 2.24) is 14.5 Å². The second kappa shape index (κ2) is 6.55. The van der Waals surface area contributed by atoms with Crippen molar-refractivity contribution in [2.75, 3.05) is 18.4 Å². The van der Waals surface area contributed by atoms with Crippen LogP contribution in [0.1, 0.15) is 31.5 Å². The molecule has 0 spiro atoms. The van der Waals surface area contributed by atoms with E-state index in [0.717, 1.165) is 30.3 Å². The summed E-state index contributed by atoms with van der Waals surface area (Å²) in [5.41, 5.74) is 0. The van der Waals surface area contributed by atoms with Gasteiger partial charge in [-0.25, -0.2) is 4.98 Å². The topological polar surface area (TPSA) is 21.1 Å². The Bertz CT molecular complexity index is 331. The van der Waals surface area contributed by atoms with Crippen LogP contribution in [0.15, 0.2) is 12.4 Å². The third kappa shape index (κ3) is 3.55. The third-order valence-corrected chi connectivity index (χ3v) is 4.12. The van der Waals surface area contributed by atoms with Gasteiger partial charge < -0.3 is 4.57 Å². The van der Waals surface area contributed by atoms with E-state index in [2.05, 4.69) is 43.5 Å². The quantitative estimate of drug-likeness (QED) is 0.753. The fourth-order valence-corrected chi connectivity index (χ4v) is 3.19. The number of hydrogen-bond acceptors (Lipinski definition) is 2. The lowest BCUT2D eigenvalue weighted by atomic mass is 10.2. The first kappa shape index (κ1) is 13.1. The molecule has 0 saturated heterocycles. The lowest BCUT2D eigenvalue weighted by molar-refractivity contribution is 0.203. The number of halogens is 1. The number of aryl methyl sites for hydroxylation is 1. The number of aromatic nitrogens is 2. The lowest BCUT2D eigenvalue weighted by Gasteiger charge is -2.28. The second-order valence-corrected chi connectivity index (χ2v) is 5.62. The van der Waals surface area contributed by atoms with Gasteiger partial charge in [0.25, 0.3) is 0 Å². The highest BCUT2D eigenvalue weighted by Crippen LogP contribution is 2.23. The Labute approximate surface area is 112 Å². The van der Waals surface area contributed by atoms with E-state index in [1.807, 2.05) is 6.20 Å². The van der Waals surface area contributed by atoms with E-state index in [0.29, 0.717) is 0 Å². The molecule has 4 heteroatoms. The van der Waals surface area contributed by atoms with E-state index in [1.54, 1.807) is 0 Å². The van der Waals surface area contributed by atoms with Gasteiger partial charge >= 0.3 is 0 Å². The highest BCUT2D eigenvalue weighted by Gasteiger charge is 2.21. The largest absolute Gasteiger partial charge is 0.334 e. The van der Waals surface area contributed by atoms with Gasteiger partial charge in [0.15, 0.2) is 0 Å². The molecule has 17 heavy (non-hydrogen) atoms. The first-order chi connectivity index (χ1) is 8.31. The van der Waals surface area contributed by atoms with E-state index in [9.17, 15) is 0 Å². The molecule has 0 atom stereocenters. The Morgan fingerprint density at radius 1 is 1.41 bits per heavy atom. The van der Waals surface area contributed by atoms with Gasteiger partial charge in [-0.3, -0.25) is 4.90 Å². The SMILES string of the molecule is Cc1nccn1CCN(CCBr)C1CCCC1. The van der Waals surface area contributed by atoms with Gasteiger partial charge in [0.2, 0.25) is 0 Å². The minimum atomic E-state index is 0.816. The van der Waals surface area contributed by atoms with Crippen molar-refractivity contribution < 1.29 is 0 Å². The van der Waals surface area contributed by atoms with Crippen LogP contribution >= 0.6 is 15.9 Å². The van der Waals surface area contributed by atoms with Crippen molar-refractivity contribution in [2.24, 2.45) is 0 Å². The highest BCUT2D eigenvalue weighted by atomic mass is 79.9. The summed E-state index contributed by atoms with van der Waals surface area (Å²) in [6, 6.07) is 0.816. The molecule has 0 unspecified atom stereocenters. The van der Waals surface area contributed by atoms with Crippen LogP contribution in [-0.4, -0.2) is 38.9 Å². The molecule has 1 heterocycles. The fraction of sp³-hybridized carbons (Fsp3) is 0.769. The van der Waals surface area contributed by atoms with E-state index >= 15 is 0 Å². The molecule has 0 aromatic carbocycles. The van der Waals surface area contributed by atoms with Crippen molar-refractivity contribution in [3.8, 4) is 0 Å². The molecule has 96 valence electrons. The second-order valence-electron chi connectivity index (χ2n) is 4.83. The molecule has 1 saturated carbocycles. The van der Waals surface area contributed by atoms with Gasteiger partial charge in [-0.05, 0) is 19.8 Å². The summed E-state index contributed by atoms with van der Waals surface area (Å²) in [4.78, 5) is 6.91. The van der Waals surface area contributed by atoms with Crippen LogP contribution in [-0.2, 0) is 6.54 Å². The number of hydrogen-bond donors (Lipinski definition) is 0. The summed E-state index contributed by atoms with van der Waals surface area (Å²) in [7, 11) is 0. The zero-order chi connectivity index (χ0) is 12.1. The number of nitrogens with zero attached hydrogens (tertiary/aromatic N) is 3. The van der Waals surface area contributed by atoms with Gasteiger partial charge in [0.1, 0.15) is 5.82 Å². The van der Waals surface area contributed by atoms with Crippen LogP contribution in [0.4, 0.5) is 0 Å². The zero-order valence-electron chi connectivity index (χ0n) is 10.6. The molecular weight excluding hydrogens is 278 g/mol. The Morgan fingerprint density at radius 3 is 2.76 bits per heavy atom. The molecular formula is C13H22BrN3. The maximum atomic E-state index is 4.27. The third-order valence-electron chi connectivity index (χ3n) is 3.76. The first-order valence-electron chi connectivity index (χ1n) is 6.59. The average Bonchev–Trinajstić information content (AvgIpc) is 2.96. The predicted octanol–water partition coefficient (Wildman–Crippen LogP) is 2.83. The van der Waals surface area contributed by atoms with Crippen LogP contribution in [0.5, 0.6) is 0 Å². The molecule has 0 aliphatic heterocycles. The van der Waals surface area contributed by atoms with Crippen LogP contribution in [0.2, 0.25) is 0 Å². The van der Waals surface area contributed by atoms with Crippen LogP contribution in [0.3, 0.4) is 0 Å². The predicted molar refractivity (Wildman–Crippen MR) is 74.6 cm³/mol. The minimum Gasteiger partial charge on any atom is -0.334 e. The van der Waals surface area contributed by atoms with Crippen molar-refractivity contribution in [1.29, 1.82) is 0 Å². The zero-order valence-corrected chi connectivity index (χ0v) is 12.2. The van der Waals surface area contributed by atoms with E-state index < -0.39 is 0 Å². The maximum absolute atomic E-state index is 4.27. The molecule has 1 aromatic heterocycles. The molecule has 0 bridgehead atoms. The van der Waals surface area contributed by atoms with Crippen LogP contribution in [0.25, 0.3) is 0 Å². The lowest BCUT2D eigenvalue weighted by Crippen LogP contribution is -2.37. The molecule has 1 fully saturated rings. The Kier molecular flexibility index (Phi) is 5.04. The van der Waals surface area contributed by atoms with Crippen molar-refractivity contribution in [3.05, 3.63) is 18.2 Å².